The van der Waals surface area contributed by atoms with Crippen LogP contribution in [0.25, 0.3) is 0 Å². The molecule has 3 aliphatic heterocycles. The fourth-order valence-corrected chi connectivity index (χ4v) is 8.50. The molecule has 2 bridgehead atoms. The number of hydrogen-bond donors (Lipinski definition) is 3. The van der Waals surface area contributed by atoms with Gasteiger partial charge in [-0.1, -0.05) is 13.8 Å². The third-order valence-corrected chi connectivity index (χ3v) is 9.45. The first-order valence-corrected chi connectivity index (χ1v) is 14.0. The summed E-state index contributed by atoms with van der Waals surface area (Å²) in [7, 11) is 0. The lowest BCUT2D eigenvalue weighted by Crippen LogP contribution is -2.57. The second-order valence-electron chi connectivity index (χ2n) is 10.9. The maximum absolute atomic E-state index is 14.1. The molecule has 0 aromatic heterocycles. The van der Waals surface area contributed by atoms with Crippen molar-refractivity contribution in [3.05, 3.63) is 24.3 Å². The second-order valence-corrected chi connectivity index (χ2v) is 12.5. The zero-order valence-electron chi connectivity index (χ0n) is 21.8. The van der Waals surface area contributed by atoms with Crippen LogP contribution in [0.4, 0.5) is 5.69 Å². The standard InChI is InChI=1S/C27H39N3O5S/c1-6-35-19-9-7-17(8-10-19)29-24(32)21-20-11-12-27(36-20)22(21)26(34)30(18(14-31)13-15(2)3)23(27)25(33)28-16(4)5/h7-10,15-16,18,20-23,31H,6,11-14H2,1-5H3,(H,28,33)(H,29,32)/t18-,20+,21-,22+,23?,27?/m1/s1. The molecule has 1 aromatic carbocycles. The number of likely N-dealkylation sites (tertiary alicyclic amines) is 1. The second kappa shape index (κ2) is 10.6. The largest absolute Gasteiger partial charge is 0.494 e. The van der Waals surface area contributed by atoms with E-state index in [4.69, 9.17) is 4.74 Å². The summed E-state index contributed by atoms with van der Waals surface area (Å²) in [4.78, 5) is 42.9. The minimum absolute atomic E-state index is 0.0178. The number of rotatable bonds is 10. The van der Waals surface area contributed by atoms with Crippen LogP contribution >= 0.6 is 11.8 Å². The van der Waals surface area contributed by atoms with Crippen molar-refractivity contribution in [2.75, 3.05) is 18.5 Å². The lowest BCUT2D eigenvalue weighted by Gasteiger charge is -2.38. The Morgan fingerprint density at radius 3 is 2.47 bits per heavy atom. The van der Waals surface area contributed by atoms with Gasteiger partial charge in [-0.05, 0) is 70.2 Å². The zero-order valence-corrected chi connectivity index (χ0v) is 22.6. The molecule has 36 heavy (non-hydrogen) atoms. The van der Waals surface area contributed by atoms with Crippen LogP contribution in [0.3, 0.4) is 0 Å². The maximum Gasteiger partial charge on any atom is 0.244 e. The summed E-state index contributed by atoms with van der Waals surface area (Å²) in [5.41, 5.74) is 0.648. The number of hydrogen-bond acceptors (Lipinski definition) is 6. The predicted octanol–water partition coefficient (Wildman–Crippen LogP) is 3.05. The molecular formula is C27H39N3O5S. The van der Waals surface area contributed by atoms with Crippen molar-refractivity contribution < 1.29 is 24.2 Å². The normalized spacial score (nSPS) is 29.6. The zero-order chi connectivity index (χ0) is 26.2. The van der Waals surface area contributed by atoms with E-state index in [9.17, 15) is 19.5 Å². The molecule has 1 spiro atoms. The van der Waals surface area contributed by atoms with Crippen molar-refractivity contribution >= 4 is 35.2 Å². The van der Waals surface area contributed by atoms with Gasteiger partial charge >= 0.3 is 0 Å². The molecule has 3 heterocycles. The van der Waals surface area contributed by atoms with Crippen molar-refractivity contribution in [1.29, 1.82) is 0 Å². The van der Waals surface area contributed by atoms with Crippen molar-refractivity contribution in [1.82, 2.24) is 10.2 Å². The lowest BCUT2D eigenvalue weighted by atomic mass is 9.70. The maximum atomic E-state index is 14.1. The molecule has 9 heteroatoms. The number of thioether (sulfide) groups is 1. The van der Waals surface area contributed by atoms with E-state index in [1.807, 2.05) is 46.8 Å². The number of fused-ring (bicyclic) bond motifs is 1. The molecule has 6 atom stereocenters. The van der Waals surface area contributed by atoms with E-state index in [0.29, 0.717) is 25.1 Å². The number of benzene rings is 1. The van der Waals surface area contributed by atoms with Gasteiger partial charge in [0, 0.05) is 17.0 Å². The molecule has 198 valence electrons. The number of amides is 3. The summed E-state index contributed by atoms with van der Waals surface area (Å²) in [6, 6.07) is 5.97. The van der Waals surface area contributed by atoms with E-state index in [2.05, 4.69) is 10.6 Å². The van der Waals surface area contributed by atoms with Gasteiger partial charge in [0.2, 0.25) is 17.7 Å². The molecule has 1 aromatic rings. The van der Waals surface area contributed by atoms with Crippen molar-refractivity contribution in [3.8, 4) is 5.75 Å². The molecule has 0 saturated carbocycles. The molecule has 4 rings (SSSR count). The highest BCUT2D eigenvalue weighted by atomic mass is 32.2. The highest BCUT2D eigenvalue weighted by molar-refractivity contribution is 8.02. The smallest absolute Gasteiger partial charge is 0.244 e. The van der Waals surface area contributed by atoms with Crippen LogP contribution in [0.1, 0.15) is 53.9 Å². The van der Waals surface area contributed by atoms with Crippen LogP contribution in [0.15, 0.2) is 24.3 Å². The number of aliphatic hydroxyl groups excluding tert-OH is 1. The first kappa shape index (κ1) is 26.8. The van der Waals surface area contributed by atoms with Gasteiger partial charge in [-0.15, -0.1) is 11.8 Å². The summed E-state index contributed by atoms with van der Waals surface area (Å²) in [5.74, 6) is -0.710. The monoisotopic (exact) mass is 517 g/mol. The Kier molecular flexibility index (Phi) is 7.90. The molecule has 8 nitrogen and oxygen atoms in total. The highest BCUT2D eigenvalue weighted by Crippen LogP contribution is 2.66. The summed E-state index contributed by atoms with van der Waals surface area (Å²) >= 11 is 1.64. The van der Waals surface area contributed by atoms with Gasteiger partial charge in [-0.2, -0.15) is 0 Å². The van der Waals surface area contributed by atoms with Crippen LogP contribution < -0.4 is 15.4 Å². The van der Waals surface area contributed by atoms with Gasteiger partial charge in [-0.3, -0.25) is 14.4 Å². The number of carbonyl (C=O) groups excluding carboxylic acids is 3. The quantitative estimate of drug-likeness (QED) is 0.440. The van der Waals surface area contributed by atoms with E-state index in [1.165, 1.54) is 0 Å². The van der Waals surface area contributed by atoms with Crippen LogP contribution in [-0.2, 0) is 14.4 Å². The van der Waals surface area contributed by atoms with Gasteiger partial charge in [0.15, 0.2) is 0 Å². The number of nitrogens with zero attached hydrogens (tertiary/aromatic N) is 1. The van der Waals surface area contributed by atoms with E-state index < -0.39 is 28.7 Å². The minimum atomic E-state index is -0.702. The van der Waals surface area contributed by atoms with Crippen LogP contribution in [0, 0.1) is 17.8 Å². The van der Waals surface area contributed by atoms with E-state index in [1.54, 1.807) is 28.8 Å². The Bertz CT molecular complexity index is 984. The summed E-state index contributed by atoms with van der Waals surface area (Å²) in [5, 5.41) is 16.3. The Hall–Kier alpha value is -2.26. The molecule has 0 aliphatic carbocycles. The number of carbonyl (C=O) groups is 3. The molecule has 2 unspecified atom stereocenters. The molecule has 3 saturated heterocycles. The summed E-state index contributed by atoms with van der Waals surface area (Å²) in [6.07, 6.45) is 2.08. The molecular weight excluding hydrogens is 478 g/mol. The fraction of sp³-hybridized carbons (Fsp3) is 0.667. The average Bonchev–Trinajstić information content (AvgIpc) is 3.45. The number of ether oxygens (including phenoxy) is 1. The third kappa shape index (κ3) is 4.72. The topological polar surface area (TPSA) is 108 Å². The van der Waals surface area contributed by atoms with Gasteiger partial charge < -0.3 is 25.4 Å². The molecule has 3 aliphatic rings. The lowest BCUT2D eigenvalue weighted by molar-refractivity contribution is -0.142. The highest BCUT2D eigenvalue weighted by Gasteiger charge is 2.74. The Labute approximate surface area is 217 Å². The fourth-order valence-electron chi connectivity index (χ4n) is 6.29. The number of aliphatic hydroxyl groups is 1. The molecule has 3 fully saturated rings. The average molecular weight is 518 g/mol. The Balaban J connectivity index is 1.65. The van der Waals surface area contributed by atoms with Gasteiger partial charge in [0.05, 0.1) is 35.8 Å². The van der Waals surface area contributed by atoms with Crippen molar-refractivity contribution in [2.24, 2.45) is 17.8 Å². The van der Waals surface area contributed by atoms with Gasteiger partial charge in [-0.25, -0.2) is 0 Å². The van der Waals surface area contributed by atoms with Crippen LogP contribution in [-0.4, -0.2) is 69.1 Å². The van der Waals surface area contributed by atoms with Crippen molar-refractivity contribution in [3.63, 3.8) is 0 Å². The molecule has 3 amide bonds. The Morgan fingerprint density at radius 1 is 1.19 bits per heavy atom. The van der Waals surface area contributed by atoms with Gasteiger partial charge in [0.25, 0.3) is 0 Å². The van der Waals surface area contributed by atoms with Gasteiger partial charge in [0.1, 0.15) is 11.8 Å². The summed E-state index contributed by atoms with van der Waals surface area (Å²) in [6.45, 7) is 10.1. The van der Waals surface area contributed by atoms with Crippen LogP contribution in [0.5, 0.6) is 5.75 Å². The van der Waals surface area contributed by atoms with E-state index in [0.717, 1.165) is 12.2 Å². The third-order valence-electron chi connectivity index (χ3n) is 7.50. The van der Waals surface area contributed by atoms with Crippen LogP contribution in [0.2, 0.25) is 0 Å². The first-order valence-electron chi connectivity index (χ1n) is 13.1. The molecule has 0 radical (unpaired) electrons. The number of nitrogens with one attached hydrogen (secondary N) is 2. The van der Waals surface area contributed by atoms with E-state index >= 15 is 0 Å². The predicted molar refractivity (Wildman–Crippen MR) is 141 cm³/mol. The van der Waals surface area contributed by atoms with E-state index in [-0.39, 0.29) is 41.5 Å². The van der Waals surface area contributed by atoms with Crippen molar-refractivity contribution in [2.45, 2.75) is 82.0 Å². The first-order chi connectivity index (χ1) is 17.1. The summed E-state index contributed by atoms with van der Waals surface area (Å²) < 4.78 is 4.82. The molecule has 3 N–H and O–H groups in total. The Morgan fingerprint density at radius 2 is 1.89 bits per heavy atom. The number of anilines is 1. The minimum Gasteiger partial charge on any atom is -0.494 e. The SMILES string of the molecule is CCOc1ccc(NC(=O)[C@@H]2[C@@H]3CCC4(S3)C(C(=O)NC(C)C)N([C@@H](CO)CC(C)C)C(=O)[C@H]24)cc1.